The maximum atomic E-state index is 13.0. The lowest BCUT2D eigenvalue weighted by atomic mass is 9.97. The van der Waals surface area contributed by atoms with E-state index in [1.165, 1.54) is 0 Å². The molecule has 5 rings (SSSR count). The largest absolute Gasteiger partial charge is 0.381 e. The lowest BCUT2D eigenvalue weighted by Gasteiger charge is -2.29. The molecule has 0 aromatic carbocycles. The van der Waals surface area contributed by atoms with E-state index in [9.17, 15) is 4.79 Å². The van der Waals surface area contributed by atoms with Gasteiger partial charge in [0, 0.05) is 43.0 Å². The number of nitrogens with one attached hydrogen (secondary N) is 1. The van der Waals surface area contributed by atoms with Crippen LogP contribution in [0.2, 0.25) is 0 Å². The summed E-state index contributed by atoms with van der Waals surface area (Å²) in [6.07, 6.45) is 7.16. The van der Waals surface area contributed by atoms with Crippen molar-refractivity contribution in [2.75, 3.05) is 13.2 Å². The van der Waals surface area contributed by atoms with Crippen molar-refractivity contribution in [2.24, 2.45) is 13.0 Å². The van der Waals surface area contributed by atoms with Gasteiger partial charge in [-0.15, -0.1) is 11.3 Å². The average Bonchev–Trinajstić information content (AvgIpc) is 3.45. The van der Waals surface area contributed by atoms with Crippen LogP contribution in [-0.4, -0.2) is 44.9 Å². The Kier molecular flexibility index (Phi) is 5.71. The van der Waals surface area contributed by atoms with Crippen LogP contribution >= 0.6 is 11.3 Å². The Morgan fingerprint density at radius 2 is 2.22 bits per heavy atom. The molecule has 0 spiro atoms. The van der Waals surface area contributed by atoms with E-state index in [0.29, 0.717) is 31.2 Å². The van der Waals surface area contributed by atoms with Gasteiger partial charge in [-0.25, -0.2) is 4.98 Å². The van der Waals surface area contributed by atoms with E-state index in [1.54, 1.807) is 16.0 Å². The van der Waals surface area contributed by atoms with Crippen LogP contribution < -0.4 is 5.32 Å². The fraction of sp³-hybridized carbons (Fsp3) is 0.333. The highest BCUT2D eigenvalue weighted by Gasteiger charge is 2.25. The topological polar surface area (TPSA) is 81.9 Å². The summed E-state index contributed by atoms with van der Waals surface area (Å²) in [5.74, 6) is 0.174. The van der Waals surface area contributed by atoms with Gasteiger partial charge in [-0.05, 0) is 53.5 Å². The van der Waals surface area contributed by atoms with E-state index < -0.39 is 0 Å². The number of aromatic nitrogens is 4. The maximum Gasteiger partial charge on any atom is 0.270 e. The first-order valence-electron chi connectivity index (χ1n) is 10.8. The van der Waals surface area contributed by atoms with Gasteiger partial charge in [0.15, 0.2) is 0 Å². The average molecular weight is 448 g/mol. The SMILES string of the molecule is CC1COCCC1NC(=O)c1cc(Cc2ccc(-c3cnn(C)c3)nc2)c2ccsc2n1. The molecule has 7 nitrogen and oxygen atoms in total. The summed E-state index contributed by atoms with van der Waals surface area (Å²) >= 11 is 1.56. The molecule has 0 aliphatic carbocycles. The smallest absolute Gasteiger partial charge is 0.270 e. The minimum atomic E-state index is -0.120. The van der Waals surface area contributed by atoms with Crippen molar-refractivity contribution >= 4 is 27.5 Å². The molecular formula is C24H25N5O2S. The van der Waals surface area contributed by atoms with Gasteiger partial charge in [0.1, 0.15) is 10.5 Å². The number of ether oxygens (including phenoxy) is 1. The van der Waals surface area contributed by atoms with Crippen molar-refractivity contribution < 1.29 is 9.53 Å². The molecule has 4 aromatic heterocycles. The first-order chi connectivity index (χ1) is 15.6. The molecule has 2 unspecified atom stereocenters. The number of carbonyl (C=O) groups excluding carboxylic acids is 1. The molecule has 0 radical (unpaired) electrons. The third-order valence-corrected chi connectivity index (χ3v) is 6.74. The van der Waals surface area contributed by atoms with Crippen molar-refractivity contribution in [1.29, 1.82) is 0 Å². The summed E-state index contributed by atoms with van der Waals surface area (Å²) in [6, 6.07) is 8.20. The number of nitrogens with zero attached hydrogens (tertiary/aromatic N) is 4. The predicted octanol–water partition coefficient (Wildman–Crippen LogP) is 3.84. The van der Waals surface area contributed by atoms with E-state index in [0.717, 1.165) is 39.0 Å². The van der Waals surface area contributed by atoms with Crippen LogP contribution in [0.3, 0.4) is 0 Å². The highest BCUT2D eigenvalue weighted by Crippen LogP contribution is 2.26. The molecule has 32 heavy (non-hydrogen) atoms. The van der Waals surface area contributed by atoms with E-state index in [2.05, 4.69) is 39.4 Å². The first-order valence-corrected chi connectivity index (χ1v) is 11.6. The van der Waals surface area contributed by atoms with Crippen LogP contribution in [0, 0.1) is 5.92 Å². The Bertz CT molecular complexity index is 1250. The molecule has 1 saturated heterocycles. The molecule has 5 heterocycles. The minimum absolute atomic E-state index is 0.116. The molecule has 1 aliphatic rings. The number of pyridine rings is 2. The Labute approximate surface area is 190 Å². The normalized spacial score (nSPS) is 18.7. The number of fused-ring (bicyclic) bond motifs is 1. The zero-order chi connectivity index (χ0) is 22.1. The van der Waals surface area contributed by atoms with Gasteiger partial charge in [0.25, 0.3) is 5.91 Å². The number of amides is 1. The summed E-state index contributed by atoms with van der Waals surface area (Å²) in [5.41, 5.74) is 4.51. The monoisotopic (exact) mass is 447 g/mol. The molecule has 1 N–H and O–H groups in total. The molecule has 0 bridgehead atoms. The van der Waals surface area contributed by atoms with Gasteiger partial charge in [0.2, 0.25) is 0 Å². The highest BCUT2D eigenvalue weighted by atomic mass is 32.1. The lowest BCUT2D eigenvalue weighted by molar-refractivity contribution is 0.0374. The second-order valence-electron chi connectivity index (χ2n) is 8.36. The number of aryl methyl sites for hydroxylation is 1. The Morgan fingerprint density at radius 3 is 2.97 bits per heavy atom. The standard InChI is InChI=1S/C24H25N5O2S/c1-15-14-31-7-5-20(15)27-23(30)22-10-17(19-6-8-32-24(19)28-22)9-16-3-4-21(25-11-16)18-12-26-29(2)13-18/h3-4,6,8,10-13,15,20H,5,7,9,14H2,1-2H3,(H,27,30). The van der Waals surface area contributed by atoms with Crippen molar-refractivity contribution in [3.05, 3.63) is 65.1 Å². The van der Waals surface area contributed by atoms with E-state index in [-0.39, 0.29) is 11.9 Å². The van der Waals surface area contributed by atoms with Gasteiger partial charge in [0.05, 0.1) is 18.5 Å². The van der Waals surface area contributed by atoms with Crippen molar-refractivity contribution in [3.63, 3.8) is 0 Å². The third kappa shape index (κ3) is 4.28. The van der Waals surface area contributed by atoms with Gasteiger partial charge < -0.3 is 10.1 Å². The number of thiophene rings is 1. The van der Waals surface area contributed by atoms with E-state index in [4.69, 9.17) is 4.74 Å². The molecule has 8 heteroatoms. The third-order valence-electron chi connectivity index (χ3n) is 5.93. The van der Waals surface area contributed by atoms with Crippen molar-refractivity contribution in [3.8, 4) is 11.3 Å². The summed E-state index contributed by atoms with van der Waals surface area (Å²) in [5, 5.41) is 10.5. The van der Waals surface area contributed by atoms with Crippen LogP contribution in [0.1, 0.15) is 35.0 Å². The zero-order valence-corrected chi connectivity index (χ0v) is 18.9. The molecule has 0 saturated carbocycles. The quantitative estimate of drug-likeness (QED) is 0.503. The minimum Gasteiger partial charge on any atom is -0.381 e. The Hall–Kier alpha value is -3.10. The predicted molar refractivity (Wildman–Crippen MR) is 125 cm³/mol. The summed E-state index contributed by atoms with van der Waals surface area (Å²) in [4.78, 5) is 23.1. The molecule has 1 aliphatic heterocycles. The van der Waals surface area contributed by atoms with E-state index in [1.807, 2.05) is 43.2 Å². The van der Waals surface area contributed by atoms with Crippen LogP contribution in [0.25, 0.3) is 21.5 Å². The van der Waals surface area contributed by atoms with Crippen molar-refractivity contribution in [2.45, 2.75) is 25.8 Å². The number of hydrogen-bond acceptors (Lipinski definition) is 6. The molecule has 2 atom stereocenters. The van der Waals surface area contributed by atoms with Crippen LogP contribution in [0.4, 0.5) is 0 Å². The number of rotatable bonds is 5. The lowest BCUT2D eigenvalue weighted by Crippen LogP contribution is -2.44. The second kappa shape index (κ2) is 8.80. The highest BCUT2D eigenvalue weighted by molar-refractivity contribution is 7.16. The number of carbonyl (C=O) groups is 1. The van der Waals surface area contributed by atoms with Crippen molar-refractivity contribution in [1.82, 2.24) is 25.1 Å². The molecule has 1 fully saturated rings. The Balaban J connectivity index is 1.39. The second-order valence-corrected chi connectivity index (χ2v) is 9.25. The summed E-state index contributed by atoms with van der Waals surface area (Å²) in [7, 11) is 1.89. The van der Waals surface area contributed by atoms with Gasteiger partial charge in [-0.1, -0.05) is 13.0 Å². The maximum absolute atomic E-state index is 13.0. The van der Waals surface area contributed by atoms with Crippen LogP contribution in [0.5, 0.6) is 0 Å². The summed E-state index contributed by atoms with van der Waals surface area (Å²) < 4.78 is 7.26. The fourth-order valence-corrected chi connectivity index (χ4v) is 4.90. The molecule has 1 amide bonds. The number of hydrogen-bond donors (Lipinski definition) is 1. The van der Waals surface area contributed by atoms with Gasteiger partial charge in [-0.3, -0.25) is 14.5 Å². The molecule has 164 valence electrons. The summed E-state index contributed by atoms with van der Waals surface area (Å²) in [6.45, 7) is 3.46. The zero-order valence-electron chi connectivity index (χ0n) is 18.1. The van der Waals surface area contributed by atoms with Crippen LogP contribution in [0.15, 0.2) is 48.2 Å². The van der Waals surface area contributed by atoms with E-state index >= 15 is 0 Å². The van der Waals surface area contributed by atoms with Gasteiger partial charge >= 0.3 is 0 Å². The Morgan fingerprint density at radius 1 is 1.31 bits per heavy atom. The van der Waals surface area contributed by atoms with Crippen LogP contribution in [-0.2, 0) is 18.2 Å². The fourth-order valence-electron chi connectivity index (χ4n) is 4.09. The molecular weight excluding hydrogens is 422 g/mol. The van der Waals surface area contributed by atoms with Gasteiger partial charge in [-0.2, -0.15) is 5.10 Å². The first kappa shape index (κ1) is 20.8. The molecule has 4 aromatic rings.